The molecular weight excluding hydrogens is 254 g/mol. The van der Waals surface area contributed by atoms with Gasteiger partial charge < -0.3 is 20.9 Å². The summed E-state index contributed by atoms with van der Waals surface area (Å²) in [6.07, 6.45) is 1.18. The molecule has 1 aliphatic rings. The van der Waals surface area contributed by atoms with Gasteiger partial charge in [-0.05, 0) is 25.0 Å². The first kappa shape index (κ1) is 13.0. The first-order valence-electron chi connectivity index (χ1n) is 5.83. The average molecular weight is 270 g/mol. The van der Waals surface area contributed by atoms with Gasteiger partial charge in [0.2, 0.25) is 0 Å². The number of hydrogen-bond acceptors (Lipinski definition) is 4. The van der Waals surface area contributed by atoms with E-state index < -0.39 is 0 Å². The van der Waals surface area contributed by atoms with E-state index in [2.05, 4.69) is 10.1 Å². The lowest BCUT2D eigenvalue weighted by Crippen LogP contribution is -2.37. The molecule has 98 valence electrons. The number of anilines is 1. The van der Waals surface area contributed by atoms with Crippen LogP contribution in [0.2, 0.25) is 5.02 Å². The van der Waals surface area contributed by atoms with E-state index in [1.165, 1.54) is 0 Å². The summed E-state index contributed by atoms with van der Waals surface area (Å²) in [6, 6.07) is 5.42. The number of aliphatic hydroxyl groups is 1. The molecule has 6 heteroatoms. The molecule has 0 spiro atoms. The minimum absolute atomic E-state index is 0.00159. The van der Waals surface area contributed by atoms with Gasteiger partial charge in [-0.1, -0.05) is 22.8 Å². The second kappa shape index (κ2) is 5.46. The normalized spacial score (nSPS) is 18.1. The van der Waals surface area contributed by atoms with Crippen LogP contribution in [0.4, 0.5) is 5.69 Å². The molecule has 0 amide bonds. The van der Waals surface area contributed by atoms with Crippen molar-refractivity contribution in [3.8, 4) is 0 Å². The van der Waals surface area contributed by atoms with Crippen LogP contribution in [0.25, 0.3) is 0 Å². The monoisotopic (exact) mass is 269 g/mol. The molecule has 0 unspecified atom stereocenters. The maximum atomic E-state index is 9.51. The standard InChI is InChI=1S/C12H16ClN3O2/c13-9-2-1-3-10(11(9)12(14)15-18)16-6-4-8(17)5-7-16/h1-3,8,17-18H,4-7H2,(H2,14,15). The van der Waals surface area contributed by atoms with Crippen molar-refractivity contribution in [1.82, 2.24) is 0 Å². The molecule has 0 saturated carbocycles. The summed E-state index contributed by atoms with van der Waals surface area (Å²) in [5.74, 6) is 0.00159. The van der Waals surface area contributed by atoms with E-state index >= 15 is 0 Å². The van der Waals surface area contributed by atoms with E-state index in [9.17, 15) is 5.11 Å². The van der Waals surface area contributed by atoms with Crippen LogP contribution in [0.15, 0.2) is 23.4 Å². The third kappa shape index (κ3) is 2.52. The predicted molar refractivity (Wildman–Crippen MR) is 71.4 cm³/mol. The lowest BCUT2D eigenvalue weighted by atomic mass is 10.0. The molecule has 4 N–H and O–H groups in total. The smallest absolute Gasteiger partial charge is 0.173 e. The van der Waals surface area contributed by atoms with E-state index in [4.69, 9.17) is 22.5 Å². The summed E-state index contributed by atoms with van der Waals surface area (Å²) in [5.41, 5.74) is 7.05. The Balaban J connectivity index is 2.35. The molecule has 1 saturated heterocycles. The molecular formula is C12H16ClN3O2. The van der Waals surface area contributed by atoms with Crippen molar-refractivity contribution in [2.24, 2.45) is 10.9 Å². The lowest BCUT2D eigenvalue weighted by Gasteiger charge is -2.32. The molecule has 0 aromatic heterocycles. The molecule has 0 atom stereocenters. The number of piperidine rings is 1. The van der Waals surface area contributed by atoms with Gasteiger partial charge in [-0.15, -0.1) is 0 Å². The SMILES string of the molecule is NC(=NO)c1c(Cl)cccc1N1CCC(O)CC1. The van der Waals surface area contributed by atoms with E-state index in [-0.39, 0.29) is 11.9 Å². The first-order chi connectivity index (χ1) is 8.63. The van der Waals surface area contributed by atoms with Gasteiger partial charge in [-0.25, -0.2) is 0 Å². The number of rotatable bonds is 2. The zero-order valence-electron chi connectivity index (χ0n) is 9.88. The Labute approximate surface area is 110 Å². The average Bonchev–Trinajstić information content (AvgIpc) is 2.38. The third-order valence-corrected chi connectivity index (χ3v) is 3.48. The van der Waals surface area contributed by atoms with Crippen molar-refractivity contribution in [3.05, 3.63) is 28.8 Å². The van der Waals surface area contributed by atoms with Gasteiger partial charge in [0.25, 0.3) is 0 Å². The zero-order valence-corrected chi connectivity index (χ0v) is 10.6. The third-order valence-electron chi connectivity index (χ3n) is 3.16. The Morgan fingerprint density at radius 1 is 1.39 bits per heavy atom. The van der Waals surface area contributed by atoms with Crippen molar-refractivity contribution in [3.63, 3.8) is 0 Å². The second-order valence-electron chi connectivity index (χ2n) is 4.34. The van der Waals surface area contributed by atoms with Gasteiger partial charge in [0.1, 0.15) is 0 Å². The van der Waals surface area contributed by atoms with Crippen LogP contribution in [0.5, 0.6) is 0 Å². The van der Waals surface area contributed by atoms with E-state index in [1.807, 2.05) is 12.1 Å². The first-order valence-corrected chi connectivity index (χ1v) is 6.20. The van der Waals surface area contributed by atoms with Crippen LogP contribution < -0.4 is 10.6 Å². The van der Waals surface area contributed by atoms with Crippen molar-refractivity contribution < 1.29 is 10.3 Å². The fourth-order valence-corrected chi connectivity index (χ4v) is 2.45. The highest BCUT2D eigenvalue weighted by molar-refractivity contribution is 6.34. The molecule has 18 heavy (non-hydrogen) atoms. The molecule has 1 fully saturated rings. The van der Waals surface area contributed by atoms with Gasteiger partial charge >= 0.3 is 0 Å². The van der Waals surface area contributed by atoms with Crippen LogP contribution in [-0.2, 0) is 0 Å². The molecule has 1 aliphatic heterocycles. The number of aliphatic hydroxyl groups excluding tert-OH is 1. The minimum Gasteiger partial charge on any atom is -0.409 e. The molecule has 2 rings (SSSR count). The van der Waals surface area contributed by atoms with Crippen LogP contribution in [0.3, 0.4) is 0 Å². The number of oxime groups is 1. The number of halogens is 1. The summed E-state index contributed by atoms with van der Waals surface area (Å²) in [6.45, 7) is 1.46. The van der Waals surface area contributed by atoms with E-state index in [0.717, 1.165) is 18.8 Å². The largest absolute Gasteiger partial charge is 0.409 e. The molecule has 1 aromatic rings. The summed E-state index contributed by atoms with van der Waals surface area (Å²) in [7, 11) is 0. The highest BCUT2D eigenvalue weighted by atomic mass is 35.5. The Kier molecular flexibility index (Phi) is 3.93. The Hall–Kier alpha value is -1.46. The predicted octanol–water partition coefficient (Wildman–Crippen LogP) is 1.40. The second-order valence-corrected chi connectivity index (χ2v) is 4.74. The van der Waals surface area contributed by atoms with Crippen molar-refractivity contribution in [2.75, 3.05) is 18.0 Å². The van der Waals surface area contributed by atoms with Gasteiger partial charge in [-0.3, -0.25) is 0 Å². The molecule has 1 heterocycles. The fourth-order valence-electron chi connectivity index (χ4n) is 2.19. The number of benzene rings is 1. The lowest BCUT2D eigenvalue weighted by molar-refractivity contribution is 0.145. The van der Waals surface area contributed by atoms with Crippen LogP contribution in [-0.4, -0.2) is 35.3 Å². The van der Waals surface area contributed by atoms with E-state index in [1.54, 1.807) is 6.07 Å². The van der Waals surface area contributed by atoms with Gasteiger partial charge in [0.05, 0.1) is 16.7 Å². The van der Waals surface area contributed by atoms with Crippen LogP contribution in [0, 0.1) is 0 Å². The van der Waals surface area contributed by atoms with Gasteiger partial charge in [-0.2, -0.15) is 0 Å². The van der Waals surface area contributed by atoms with Crippen LogP contribution in [0.1, 0.15) is 18.4 Å². The maximum absolute atomic E-state index is 9.51. The highest BCUT2D eigenvalue weighted by Gasteiger charge is 2.21. The molecule has 5 nitrogen and oxygen atoms in total. The molecule has 0 bridgehead atoms. The summed E-state index contributed by atoms with van der Waals surface area (Å²) in [4.78, 5) is 2.09. The maximum Gasteiger partial charge on any atom is 0.173 e. The molecule has 0 aliphatic carbocycles. The Morgan fingerprint density at radius 3 is 2.67 bits per heavy atom. The highest BCUT2D eigenvalue weighted by Crippen LogP contribution is 2.29. The Morgan fingerprint density at radius 2 is 2.06 bits per heavy atom. The van der Waals surface area contributed by atoms with Crippen molar-refractivity contribution >= 4 is 23.1 Å². The minimum atomic E-state index is -0.243. The van der Waals surface area contributed by atoms with Crippen LogP contribution >= 0.6 is 11.6 Å². The molecule has 0 radical (unpaired) electrons. The quantitative estimate of drug-likeness (QED) is 0.328. The van der Waals surface area contributed by atoms with E-state index in [0.29, 0.717) is 23.4 Å². The summed E-state index contributed by atoms with van der Waals surface area (Å²) >= 11 is 6.10. The Bertz CT molecular complexity index is 457. The van der Waals surface area contributed by atoms with Gasteiger partial charge in [0.15, 0.2) is 5.84 Å². The van der Waals surface area contributed by atoms with Crippen molar-refractivity contribution in [2.45, 2.75) is 18.9 Å². The topological polar surface area (TPSA) is 82.1 Å². The van der Waals surface area contributed by atoms with Crippen molar-refractivity contribution in [1.29, 1.82) is 0 Å². The summed E-state index contributed by atoms with van der Waals surface area (Å²) in [5, 5.41) is 21.8. The fraction of sp³-hybridized carbons (Fsp3) is 0.417. The number of nitrogens with zero attached hydrogens (tertiary/aromatic N) is 2. The van der Waals surface area contributed by atoms with Gasteiger partial charge in [0, 0.05) is 18.8 Å². The number of amidine groups is 1. The molecule has 1 aromatic carbocycles. The number of nitrogens with two attached hydrogens (primary N) is 1. The zero-order chi connectivity index (χ0) is 13.1. The summed E-state index contributed by atoms with van der Waals surface area (Å²) < 4.78 is 0. The number of hydrogen-bond donors (Lipinski definition) is 3.